The van der Waals surface area contributed by atoms with Crippen LogP contribution in [0.2, 0.25) is 0 Å². The number of nitrogens with zero attached hydrogens (tertiary/aromatic N) is 1. The Hall–Kier alpha value is -3.22. The molecule has 134 valence electrons. The Morgan fingerprint density at radius 3 is 2.77 bits per heavy atom. The van der Waals surface area contributed by atoms with Gasteiger partial charge >= 0.3 is 0 Å². The third-order valence-electron chi connectivity index (χ3n) is 4.46. The minimum absolute atomic E-state index is 0.0114. The van der Waals surface area contributed by atoms with Gasteiger partial charge in [0.1, 0.15) is 17.6 Å². The summed E-state index contributed by atoms with van der Waals surface area (Å²) in [6, 6.07) is 7.48. The molecule has 26 heavy (non-hydrogen) atoms. The highest BCUT2D eigenvalue weighted by Gasteiger charge is 2.47. The second kappa shape index (κ2) is 6.25. The summed E-state index contributed by atoms with van der Waals surface area (Å²) in [7, 11) is 0. The highest BCUT2D eigenvalue weighted by Crippen LogP contribution is 2.41. The minimum atomic E-state index is -0.754. The highest BCUT2D eigenvalue weighted by molar-refractivity contribution is 6.46. The Bertz CT molecular complexity index is 899. The molecule has 0 saturated carbocycles. The van der Waals surface area contributed by atoms with Crippen LogP contribution in [0.1, 0.15) is 30.7 Å². The van der Waals surface area contributed by atoms with E-state index in [0.29, 0.717) is 35.8 Å². The summed E-state index contributed by atoms with van der Waals surface area (Å²) in [5.41, 5.74) is 0.387. The van der Waals surface area contributed by atoms with Gasteiger partial charge in [-0.3, -0.25) is 9.59 Å². The molecule has 0 radical (unpaired) electrons. The smallest absolute Gasteiger partial charge is 0.295 e. The fourth-order valence-electron chi connectivity index (χ4n) is 3.29. The standard InChI is InChI=1S/C19H17NO6/c1-2-7-20-16(13-4-3-8-24-13)15(18(22)19(20)23)17(21)11-5-6-12-14(9-11)26-10-25-12/h3-6,8-9,16,21H,2,7,10H2,1H3/b17-15-. The number of hydrogen-bond acceptors (Lipinski definition) is 6. The summed E-state index contributed by atoms with van der Waals surface area (Å²) in [4.78, 5) is 26.5. The zero-order valence-electron chi connectivity index (χ0n) is 14.1. The first-order valence-electron chi connectivity index (χ1n) is 8.33. The number of ketones is 1. The van der Waals surface area contributed by atoms with Crippen molar-refractivity contribution >= 4 is 17.4 Å². The highest BCUT2D eigenvalue weighted by atomic mass is 16.7. The molecule has 1 saturated heterocycles. The number of aliphatic hydroxyl groups excluding tert-OH is 1. The number of carbonyl (C=O) groups is 2. The van der Waals surface area contributed by atoms with Gasteiger partial charge in [0.25, 0.3) is 11.7 Å². The molecule has 4 rings (SSSR count). The Balaban J connectivity index is 1.84. The van der Waals surface area contributed by atoms with E-state index in [0.717, 1.165) is 0 Å². The Morgan fingerprint density at radius 2 is 2.04 bits per heavy atom. The lowest BCUT2D eigenvalue weighted by Gasteiger charge is -2.22. The Morgan fingerprint density at radius 1 is 1.23 bits per heavy atom. The largest absolute Gasteiger partial charge is 0.507 e. The fourth-order valence-corrected chi connectivity index (χ4v) is 3.29. The van der Waals surface area contributed by atoms with E-state index >= 15 is 0 Å². The van der Waals surface area contributed by atoms with E-state index in [1.54, 1.807) is 30.3 Å². The van der Waals surface area contributed by atoms with Gasteiger partial charge in [0.2, 0.25) is 6.79 Å². The van der Waals surface area contributed by atoms with Crippen molar-refractivity contribution in [1.82, 2.24) is 4.90 Å². The monoisotopic (exact) mass is 355 g/mol. The molecule has 1 aromatic heterocycles. The lowest BCUT2D eigenvalue weighted by atomic mass is 9.99. The van der Waals surface area contributed by atoms with Crippen LogP contribution in [0.3, 0.4) is 0 Å². The summed E-state index contributed by atoms with van der Waals surface area (Å²) in [5, 5.41) is 10.8. The van der Waals surface area contributed by atoms with Crippen LogP contribution < -0.4 is 9.47 Å². The number of ether oxygens (including phenoxy) is 2. The number of amides is 1. The molecule has 0 spiro atoms. The maximum atomic E-state index is 12.6. The minimum Gasteiger partial charge on any atom is -0.507 e. The van der Waals surface area contributed by atoms with Gasteiger partial charge in [-0.2, -0.15) is 0 Å². The molecule has 3 heterocycles. The van der Waals surface area contributed by atoms with E-state index in [1.165, 1.54) is 11.2 Å². The SMILES string of the molecule is CCCN1C(=O)C(=O)/C(=C(\O)c2ccc3c(c2)OCO3)C1c1ccco1. The molecule has 1 fully saturated rings. The topological polar surface area (TPSA) is 89.2 Å². The number of carbonyl (C=O) groups excluding carboxylic acids is 2. The van der Waals surface area contributed by atoms with E-state index in [4.69, 9.17) is 13.9 Å². The average Bonchev–Trinajstić information content (AvgIpc) is 3.37. The second-order valence-electron chi connectivity index (χ2n) is 6.08. The van der Waals surface area contributed by atoms with Crippen LogP contribution in [0.4, 0.5) is 0 Å². The molecular formula is C19H17NO6. The van der Waals surface area contributed by atoms with E-state index in [9.17, 15) is 14.7 Å². The summed E-state index contributed by atoms with van der Waals surface area (Å²) >= 11 is 0. The summed E-state index contributed by atoms with van der Waals surface area (Å²) in [5.74, 6) is -0.158. The van der Waals surface area contributed by atoms with Crippen molar-refractivity contribution in [2.24, 2.45) is 0 Å². The van der Waals surface area contributed by atoms with Crippen molar-refractivity contribution in [2.45, 2.75) is 19.4 Å². The van der Waals surface area contributed by atoms with Crippen LogP contribution in [0.25, 0.3) is 5.76 Å². The van der Waals surface area contributed by atoms with Gasteiger partial charge in [-0.05, 0) is 36.8 Å². The van der Waals surface area contributed by atoms with Crippen molar-refractivity contribution < 1.29 is 28.6 Å². The van der Waals surface area contributed by atoms with Gasteiger partial charge < -0.3 is 23.9 Å². The number of aliphatic hydroxyl groups is 1. The quantitative estimate of drug-likeness (QED) is 0.515. The molecule has 7 heteroatoms. The zero-order chi connectivity index (χ0) is 18.3. The van der Waals surface area contributed by atoms with Gasteiger partial charge in [-0.15, -0.1) is 0 Å². The van der Waals surface area contributed by atoms with Crippen molar-refractivity contribution in [3.63, 3.8) is 0 Å². The normalized spacial score (nSPS) is 20.8. The lowest BCUT2D eigenvalue weighted by Crippen LogP contribution is -2.30. The van der Waals surface area contributed by atoms with Crippen LogP contribution in [0.15, 0.2) is 46.6 Å². The fraction of sp³-hybridized carbons (Fsp3) is 0.263. The number of Topliss-reactive ketones (excluding diaryl/α,β-unsaturated/α-hetero) is 1. The number of rotatable bonds is 4. The first-order valence-corrected chi connectivity index (χ1v) is 8.33. The third kappa shape index (κ3) is 2.44. The van der Waals surface area contributed by atoms with E-state index < -0.39 is 17.7 Å². The predicted molar refractivity (Wildman–Crippen MR) is 90.6 cm³/mol. The molecular weight excluding hydrogens is 338 g/mol. The number of fused-ring (bicyclic) bond motifs is 1. The number of furan rings is 1. The predicted octanol–water partition coefficient (Wildman–Crippen LogP) is 2.84. The van der Waals surface area contributed by atoms with Crippen LogP contribution in [0.5, 0.6) is 11.5 Å². The molecule has 7 nitrogen and oxygen atoms in total. The lowest BCUT2D eigenvalue weighted by molar-refractivity contribution is -0.140. The van der Waals surface area contributed by atoms with E-state index in [1.807, 2.05) is 6.92 Å². The molecule has 0 aliphatic carbocycles. The zero-order valence-corrected chi connectivity index (χ0v) is 14.1. The maximum Gasteiger partial charge on any atom is 0.295 e. The summed E-state index contributed by atoms with van der Waals surface area (Å²) < 4.78 is 16.0. The van der Waals surface area contributed by atoms with Crippen LogP contribution in [-0.4, -0.2) is 35.0 Å². The first kappa shape index (κ1) is 16.3. The first-order chi connectivity index (χ1) is 12.6. The number of hydrogen-bond donors (Lipinski definition) is 1. The van der Waals surface area contributed by atoms with E-state index in [-0.39, 0.29) is 18.1 Å². The van der Waals surface area contributed by atoms with Crippen molar-refractivity contribution in [1.29, 1.82) is 0 Å². The molecule has 1 amide bonds. The average molecular weight is 355 g/mol. The van der Waals surface area contributed by atoms with Gasteiger partial charge in [0.05, 0.1) is 11.8 Å². The second-order valence-corrected chi connectivity index (χ2v) is 6.08. The van der Waals surface area contributed by atoms with Crippen molar-refractivity contribution in [2.75, 3.05) is 13.3 Å². The van der Waals surface area contributed by atoms with E-state index in [2.05, 4.69) is 0 Å². The molecule has 1 atom stereocenters. The maximum absolute atomic E-state index is 12.6. The Kier molecular flexibility index (Phi) is 3.91. The molecule has 2 aliphatic heterocycles. The van der Waals surface area contributed by atoms with Crippen LogP contribution in [0, 0.1) is 0 Å². The van der Waals surface area contributed by atoms with Gasteiger partial charge in [0, 0.05) is 12.1 Å². The number of likely N-dealkylation sites (tertiary alicyclic amines) is 1. The Labute approximate surface area is 149 Å². The molecule has 0 bridgehead atoms. The summed E-state index contributed by atoms with van der Waals surface area (Å²) in [6.07, 6.45) is 2.15. The van der Waals surface area contributed by atoms with Gasteiger partial charge in [0.15, 0.2) is 11.5 Å². The molecule has 1 unspecified atom stereocenters. The molecule has 2 aliphatic rings. The van der Waals surface area contributed by atoms with Crippen LogP contribution >= 0.6 is 0 Å². The summed E-state index contributed by atoms with van der Waals surface area (Å²) in [6.45, 7) is 2.40. The van der Waals surface area contributed by atoms with Crippen molar-refractivity contribution in [3.8, 4) is 11.5 Å². The van der Waals surface area contributed by atoms with Gasteiger partial charge in [-0.25, -0.2) is 0 Å². The van der Waals surface area contributed by atoms with Crippen LogP contribution in [-0.2, 0) is 9.59 Å². The number of benzene rings is 1. The molecule has 1 aromatic carbocycles. The van der Waals surface area contributed by atoms with Gasteiger partial charge in [-0.1, -0.05) is 6.92 Å². The molecule has 1 N–H and O–H groups in total. The molecule has 2 aromatic rings. The third-order valence-corrected chi connectivity index (χ3v) is 4.46. The van der Waals surface area contributed by atoms with Crippen molar-refractivity contribution in [3.05, 3.63) is 53.5 Å².